The molecule has 5 rings (SSSR count). The van der Waals surface area contributed by atoms with E-state index in [2.05, 4.69) is 4.98 Å². The topological polar surface area (TPSA) is 88.9 Å². The van der Waals surface area contributed by atoms with Crippen LogP contribution in [0, 0.1) is 23.5 Å². The molecule has 40 heavy (non-hydrogen) atoms. The largest absolute Gasteiger partial charge is 0.490 e. The van der Waals surface area contributed by atoms with Gasteiger partial charge in [0, 0.05) is 30.2 Å². The highest BCUT2D eigenvalue weighted by atomic mass is 19.4. The number of benzene rings is 2. The zero-order valence-electron chi connectivity index (χ0n) is 21.6. The fraction of sp³-hybridized carbons (Fsp3) is 0.379. The van der Waals surface area contributed by atoms with Gasteiger partial charge in [0.2, 0.25) is 5.88 Å². The molecule has 0 amide bonds. The van der Waals surface area contributed by atoms with E-state index in [1.54, 1.807) is 19.9 Å². The first kappa shape index (κ1) is 27.8. The Kier molecular flexibility index (Phi) is 6.98. The predicted octanol–water partition coefficient (Wildman–Crippen LogP) is 6.13. The fourth-order valence-corrected chi connectivity index (χ4v) is 5.23. The molecule has 0 bridgehead atoms. The molecule has 0 unspecified atom stereocenters. The van der Waals surface area contributed by atoms with Gasteiger partial charge in [-0.25, -0.2) is 13.8 Å². The van der Waals surface area contributed by atoms with Crippen LogP contribution in [0.2, 0.25) is 0 Å². The Morgan fingerprint density at radius 2 is 1.82 bits per heavy atom. The lowest BCUT2D eigenvalue weighted by molar-refractivity contribution is -0.139. The maximum Gasteiger partial charge on any atom is 0.417 e. The zero-order valence-corrected chi connectivity index (χ0v) is 21.6. The van der Waals surface area contributed by atoms with E-state index in [1.807, 2.05) is 0 Å². The molecule has 1 heterocycles. The average molecular weight is 564 g/mol. The first-order chi connectivity index (χ1) is 18.7. The summed E-state index contributed by atoms with van der Waals surface area (Å²) in [7, 11) is 0. The molecular weight excluding hydrogens is 537 g/mol. The van der Waals surface area contributed by atoms with E-state index < -0.39 is 53.0 Å². The normalized spacial score (nSPS) is 19.6. The lowest BCUT2D eigenvalue weighted by Crippen LogP contribution is -2.21. The summed E-state index contributed by atoms with van der Waals surface area (Å²) in [4.78, 5) is 15.5. The summed E-state index contributed by atoms with van der Waals surface area (Å²) in [5, 5.41) is 19.0. The van der Waals surface area contributed by atoms with Crippen molar-refractivity contribution in [3.8, 4) is 22.8 Å². The number of halogens is 5. The second kappa shape index (κ2) is 10.0. The van der Waals surface area contributed by atoms with Gasteiger partial charge in [-0.1, -0.05) is 6.07 Å². The minimum Gasteiger partial charge on any atom is -0.490 e. The summed E-state index contributed by atoms with van der Waals surface area (Å²) in [5.41, 5.74) is -1.35. The molecule has 0 radical (unpaired) electrons. The number of nitrogens with zero attached hydrogens (tertiary/aromatic N) is 1. The molecule has 3 aromatic rings. The van der Waals surface area contributed by atoms with Gasteiger partial charge >= 0.3 is 12.1 Å². The van der Waals surface area contributed by atoms with Gasteiger partial charge in [0.1, 0.15) is 12.4 Å². The molecule has 1 saturated carbocycles. The highest BCUT2D eigenvalue weighted by Crippen LogP contribution is 2.61. The number of aliphatic carboxylic acids is 1. The van der Waals surface area contributed by atoms with Crippen molar-refractivity contribution < 1.29 is 46.4 Å². The van der Waals surface area contributed by atoms with Crippen LogP contribution in [-0.4, -0.2) is 33.4 Å². The molecule has 2 N–H and O–H groups in total. The minimum atomic E-state index is -4.91. The Balaban J connectivity index is 1.36. The number of carboxylic acid groups (broad SMARTS) is 1. The van der Waals surface area contributed by atoms with Crippen LogP contribution in [0.25, 0.3) is 11.1 Å². The molecule has 212 valence electrons. The molecule has 11 heteroatoms. The van der Waals surface area contributed by atoms with Crippen molar-refractivity contribution >= 4 is 5.97 Å². The molecule has 1 fully saturated rings. The molecule has 2 aliphatic rings. The van der Waals surface area contributed by atoms with Crippen molar-refractivity contribution in [2.45, 2.75) is 51.0 Å². The van der Waals surface area contributed by atoms with Crippen LogP contribution in [0.15, 0.2) is 42.6 Å². The summed E-state index contributed by atoms with van der Waals surface area (Å²) >= 11 is 0. The number of alkyl halides is 3. The number of aromatic nitrogens is 1. The number of carbonyl (C=O) groups is 1. The van der Waals surface area contributed by atoms with Crippen LogP contribution < -0.4 is 9.47 Å². The number of hydrogen-bond acceptors (Lipinski definition) is 5. The molecule has 0 saturated heterocycles. The SMILES string of the molecule is CC(C)(O)CCOc1ccc(-c2cc(COc3cc4c(cn3)[C@H]3[C@@H](C4)[C@@H]3C(=O)O)c(F)cc2C(F)(F)F)cc1F. The first-order valence-electron chi connectivity index (χ1n) is 12.6. The van der Waals surface area contributed by atoms with Crippen molar-refractivity contribution in [3.05, 3.63) is 76.5 Å². The standard InChI is InChI=1S/C29H26F5NO5/c1-28(2,38)5-6-39-23-4-3-14(9-22(23)31)17-8-16(21(30)11-20(17)29(32,33)34)13-40-24-10-15-7-18-25(19(15)12-35-24)26(18)27(36)37/h3-4,8-12,18,25-26,38H,5-7,13H2,1-2H3,(H,36,37)/t18-,25-,26+/m1/s1. The number of aliphatic hydroxyl groups is 1. The molecular formula is C29H26F5NO5. The summed E-state index contributed by atoms with van der Waals surface area (Å²) in [6.45, 7) is 2.67. The van der Waals surface area contributed by atoms with Crippen molar-refractivity contribution in [3.63, 3.8) is 0 Å². The molecule has 0 spiro atoms. The van der Waals surface area contributed by atoms with E-state index >= 15 is 0 Å². The molecule has 2 aliphatic carbocycles. The summed E-state index contributed by atoms with van der Waals surface area (Å²) in [6, 6.07) is 6.27. The lowest BCUT2D eigenvalue weighted by atomic mass is 9.96. The maximum absolute atomic E-state index is 14.8. The van der Waals surface area contributed by atoms with Gasteiger partial charge < -0.3 is 19.7 Å². The van der Waals surface area contributed by atoms with Crippen molar-refractivity contribution in [2.24, 2.45) is 11.8 Å². The minimum absolute atomic E-state index is 0.0101. The Labute approximate surface area is 226 Å². The van der Waals surface area contributed by atoms with Crippen LogP contribution in [0.1, 0.15) is 48.4 Å². The third-order valence-electron chi connectivity index (χ3n) is 7.35. The van der Waals surface area contributed by atoms with E-state index in [9.17, 15) is 37.0 Å². The van der Waals surface area contributed by atoms with E-state index in [-0.39, 0.29) is 47.6 Å². The van der Waals surface area contributed by atoms with Crippen LogP contribution >= 0.6 is 0 Å². The van der Waals surface area contributed by atoms with Gasteiger partial charge in [0.15, 0.2) is 11.6 Å². The monoisotopic (exact) mass is 563 g/mol. The number of rotatable bonds is 9. The fourth-order valence-electron chi connectivity index (χ4n) is 5.23. The summed E-state index contributed by atoms with van der Waals surface area (Å²) < 4.78 is 81.8. The van der Waals surface area contributed by atoms with Crippen molar-refractivity contribution in [1.82, 2.24) is 4.98 Å². The van der Waals surface area contributed by atoms with Crippen LogP contribution in [0.4, 0.5) is 22.0 Å². The van der Waals surface area contributed by atoms with E-state index in [0.29, 0.717) is 12.5 Å². The first-order valence-corrected chi connectivity index (χ1v) is 12.6. The van der Waals surface area contributed by atoms with E-state index in [4.69, 9.17) is 9.47 Å². The van der Waals surface area contributed by atoms with Gasteiger partial charge in [-0.15, -0.1) is 0 Å². The van der Waals surface area contributed by atoms with E-state index in [1.165, 1.54) is 18.3 Å². The third kappa shape index (κ3) is 5.60. The summed E-state index contributed by atoms with van der Waals surface area (Å²) in [5.74, 6) is -3.44. The average Bonchev–Trinajstić information content (AvgIpc) is 3.45. The number of carboxylic acids is 1. The second-order valence-electron chi connectivity index (χ2n) is 10.8. The van der Waals surface area contributed by atoms with Crippen LogP contribution in [-0.2, 0) is 24.0 Å². The highest BCUT2D eigenvalue weighted by Gasteiger charge is 2.60. The van der Waals surface area contributed by atoms with Crippen LogP contribution in [0.3, 0.4) is 0 Å². The Hall–Kier alpha value is -3.73. The van der Waals surface area contributed by atoms with Gasteiger partial charge in [0.05, 0.1) is 23.7 Å². The zero-order chi connectivity index (χ0) is 29.0. The number of fused-ring (bicyclic) bond motifs is 3. The molecule has 0 aliphatic heterocycles. The molecule has 3 atom stereocenters. The quantitative estimate of drug-likeness (QED) is 0.305. The Bertz CT molecular complexity index is 1470. The smallest absolute Gasteiger partial charge is 0.417 e. The summed E-state index contributed by atoms with van der Waals surface area (Å²) in [6.07, 6.45) is -2.63. The Morgan fingerprint density at radius 3 is 2.48 bits per heavy atom. The molecule has 1 aromatic heterocycles. The van der Waals surface area contributed by atoms with Gasteiger partial charge in [-0.05, 0) is 72.7 Å². The van der Waals surface area contributed by atoms with Crippen molar-refractivity contribution in [1.29, 1.82) is 0 Å². The van der Waals surface area contributed by atoms with Gasteiger partial charge in [-0.3, -0.25) is 4.79 Å². The van der Waals surface area contributed by atoms with E-state index in [0.717, 1.165) is 23.3 Å². The van der Waals surface area contributed by atoms with Crippen molar-refractivity contribution in [2.75, 3.05) is 6.61 Å². The second-order valence-corrected chi connectivity index (χ2v) is 10.8. The predicted molar refractivity (Wildman–Crippen MR) is 133 cm³/mol. The number of hydrogen-bond donors (Lipinski definition) is 2. The lowest BCUT2D eigenvalue weighted by Gasteiger charge is -2.18. The Morgan fingerprint density at radius 1 is 1.07 bits per heavy atom. The van der Waals surface area contributed by atoms with Gasteiger partial charge in [0.25, 0.3) is 0 Å². The maximum atomic E-state index is 14.8. The van der Waals surface area contributed by atoms with Crippen LogP contribution in [0.5, 0.6) is 11.6 Å². The highest BCUT2D eigenvalue weighted by molar-refractivity contribution is 5.77. The molecule has 2 aromatic carbocycles. The molecule has 6 nitrogen and oxygen atoms in total. The number of ether oxygens (including phenoxy) is 2. The number of pyridine rings is 1. The third-order valence-corrected chi connectivity index (χ3v) is 7.35. The van der Waals surface area contributed by atoms with Gasteiger partial charge in [-0.2, -0.15) is 13.2 Å².